The van der Waals surface area contributed by atoms with Gasteiger partial charge in [-0.3, -0.25) is 0 Å². The van der Waals surface area contributed by atoms with Gasteiger partial charge in [-0.05, 0) is 7.05 Å². The lowest BCUT2D eigenvalue weighted by Gasteiger charge is -2.18. The fraction of sp³-hybridized carbons (Fsp3) is 1.00. The molecule has 0 radical (unpaired) electrons. The molecule has 0 aromatic rings. The van der Waals surface area contributed by atoms with E-state index in [1.165, 1.54) is 12.2 Å². The van der Waals surface area contributed by atoms with Gasteiger partial charge in [-0.1, -0.05) is 0 Å². The number of hydrogen-bond acceptors (Lipinski definition) is 3. The molecule has 68 valence electrons. The highest BCUT2D eigenvalue weighted by Crippen LogP contribution is 1.96. The SMILES string of the molecule is CNCCN(CC(F)F)OC. The molecule has 0 spiro atoms. The fourth-order valence-electron chi connectivity index (χ4n) is 0.648. The van der Waals surface area contributed by atoms with Crippen molar-refractivity contribution in [2.24, 2.45) is 0 Å². The van der Waals surface area contributed by atoms with Crippen LogP contribution in [0.5, 0.6) is 0 Å². The number of hydroxylamine groups is 2. The zero-order chi connectivity index (χ0) is 8.69. The molecule has 5 heteroatoms. The minimum atomic E-state index is -2.34. The monoisotopic (exact) mass is 168 g/mol. The average Bonchev–Trinajstić information content (AvgIpc) is 1.97. The second-order valence-corrected chi connectivity index (χ2v) is 2.07. The number of likely N-dealkylation sites (N-methyl/N-ethyl adjacent to an activating group) is 1. The average molecular weight is 168 g/mol. The van der Waals surface area contributed by atoms with Crippen LogP contribution in [0.4, 0.5) is 8.78 Å². The normalized spacial score (nSPS) is 11.5. The van der Waals surface area contributed by atoms with Gasteiger partial charge in [-0.25, -0.2) is 8.78 Å². The van der Waals surface area contributed by atoms with Crippen molar-refractivity contribution in [2.75, 3.05) is 33.8 Å². The lowest BCUT2D eigenvalue weighted by Crippen LogP contribution is -2.33. The molecule has 0 aliphatic heterocycles. The fourth-order valence-corrected chi connectivity index (χ4v) is 0.648. The lowest BCUT2D eigenvalue weighted by molar-refractivity contribution is -0.151. The molecule has 0 rings (SSSR count). The van der Waals surface area contributed by atoms with Gasteiger partial charge in [-0.2, -0.15) is 5.06 Å². The Bertz CT molecular complexity index is 92.7. The van der Waals surface area contributed by atoms with E-state index < -0.39 is 6.43 Å². The minimum absolute atomic E-state index is 0.335. The zero-order valence-electron chi connectivity index (χ0n) is 6.81. The van der Waals surface area contributed by atoms with E-state index in [4.69, 9.17) is 0 Å². The van der Waals surface area contributed by atoms with Gasteiger partial charge >= 0.3 is 0 Å². The Labute approximate surface area is 65.3 Å². The molecule has 1 N–H and O–H groups in total. The topological polar surface area (TPSA) is 24.5 Å². The smallest absolute Gasteiger partial charge is 0.253 e. The largest absolute Gasteiger partial charge is 0.318 e. The molecule has 0 aromatic heterocycles. The van der Waals surface area contributed by atoms with Crippen LogP contribution in [0.3, 0.4) is 0 Å². The molecular formula is C6H14F2N2O. The van der Waals surface area contributed by atoms with Crippen LogP contribution in [0.15, 0.2) is 0 Å². The summed E-state index contributed by atoms with van der Waals surface area (Å²) in [5.74, 6) is 0. The molecule has 0 atom stereocenters. The molecule has 0 aliphatic rings. The summed E-state index contributed by atoms with van der Waals surface area (Å²) in [4.78, 5) is 4.68. The highest BCUT2D eigenvalue weighted by Gasteiger charge is 2.09. The zero-order valence-corrected chi connectivity index (χ0v) is 6.81. The van der Waals surface area contributed by atoms with Crippen LogP contribution in [0.1, 0.15) is 0 Å². The molecule has 0 aliphatic carbocycles. The first kappa shape index (κ1) is 10.7. The summed E-state index contributed by atoms with van der Waals surface area (Å²) in [6.45, 7) is 0.774. The Morgan fingerprint density at radius 3 is 2.55 bits per heavy atom. The van der Waals surface area contributed by atoms with Crippen LogP contribution < -0.4 is 5.32 Å². The summed E-state index contributed by atoms with van der Waals surface area (Å²) in [7, 11) is 3.15. The third kappa shape index (κ3) is 6.15. The summed E-state index contributed by atoms with van der Waals surface area (Å²) in [5, 5.41) is 4.06. The van der Waals surface area contributed by atoms with Gasteiger partial charge in [0.2, 0.25) is 0 Å². The highest BCUT2D eigenvalue weighted by molar-refractivity contribution is 4.49. The minimum Gasteiger partial charge on any atom is -0.318 e. The van der Waals surface area contributed by atoms with Crippen LogP contribution in [-0.2, 0) is 4.84 Å². The first-order valence-corrected chi connectivity index (χ1v) is 3.42. The van der Waals surface area contributed by atoms with E-state index in [2.05, 4.69) is 10.2 Å². The number of halogens is 2. The van der Waals surface area contributed by atoms with Gasteiger partial charge in [0, 0.05) is 13.1 Å². The number of rotatable bonds is 6. The first-order chi connectivity index (χ1) is 5.20. The molecule has 3 nitrogen and oxygen atoms in total. The second-order valence-electron chi connectivity index (χ2n) is 2.07. The summed E-state index contributed by atoms with van der Waals surface area (Å²) >= 11 is 0. The Morgan fingerprint density at radius 2 is 2.18 bits per heavy atom. The molecule has 0 saturated heterocycles. The maximum atomic E-state index is 11.8. The van der Waals surface area contributed by atoms with E-state index in [9.17, 15) is 8.78 Å². The standard InChI is InChI=1S/C6H14F2N2O/c1-9-3-4-10(11-2)5-6(7)8/h6,9H,3-5H2,1-2H3. The van der Waals surface area contributed by atoms with Crippen LogP contribution in [0, 0.1) is 0 Å². The van der Waals surface area contributed by atoms with Gasteiger partial charge in [0.05, 0.1) is 13.7 Å². The third-order valence-electron chi connectivity index (χ3n) is 1.21. The van der Waals surface area contributed by atoms with E-state index in [0.29, 0.717) is 13.1 Å². The summed E-state index contributed by atoms with van der Waals surface area (Å²) in [6, 6.07) is 0. The predicted octanol–water partition coefficient (Wildman–Crippen LogP) is 0.334. The Kier molecular flexibility index (Phi) is 6.30. The molecular weight excluding hydrogens is 154 g/mol. The van der Waals surface area contributed by atoms with Gasteiger partial charge in [0.1, 0.15) is 0 Å². The van der Waals surface area contributed by atoms with Crippen molar-refractivity contribution in [3.05, 3.63) is 0 Å². The molecule has 0 amide bonds. The van der Waals surface area contributed by atoms with Crippen molar-refractivity contribution in [1.29, 1.82) is 0 Å². The van der Waals surface area contributed by atoms with E-state index in [-0.39, 0.29) is 6.54 Å². The second kappa shape index (κ2) is 6.45. The van der Waals surface area contributed by atoms with Crippen molar-refractivity contribution >= 4 is 0 Å². The number of nitrogens with zero attached hydrogens (tertiary/aromatic N) is 1. The Balaban J connectivity index is 3.41. The molecule has 0 heterocycles. The summed E-state index contributed by atoms with van der Waals surface area (Å²) in [5.41, 5.74) is 0. The molecule has 11 heavy (non-hydrogen) atoms. The van der Waals surface area contributed by atoms with E-state index in [1.807, 2.05) is 0 Å². The van der Waals surface area contributed by atoms with Crippen molar-refractivity contribution in [2.45, 2.75) is 6.43 Å². The van der Waals surface area contributed by atoms with Crippen molar-refractivity contribution in [3.8, 4) is 0 Å². The lowest BCUT2D eigenvalue weighted by atomic mass is 10.5. The van der Waals surface area contributed by atoms with Gasteiger partial charge in [0.15, 0.2) is 0 Å². The molecule has 0 fully saturated rings. The highest BCUT2D eigenvalue weighted by atomic mass is 19.3. The van der Waals surface area contributed by atoms with Crippen LogP contribution in [0.25, 0.3) is 0 Å². The van der Waals surface area contributed by atoms with Crippen LogP contribution >= 0.6 is 0 Å². The maximum Gasteiger partial charge on any atom is 0.253 e. The molecule has 0 unspecified atom stereocenters. The maximum absolute atomic E-state index is 11.8. The van der Waals surface area contributed by atoms with Crippen molar-refractivity contribution < 1.29 is 13.6 Å². The number of nitrogens with one attached hydrogen (secondary N) is 1. The predicted molar refractivity (Wildman–Crippen MR) is 38.5 cm³/mol. The van der Waals surface area contributed by atoms with Crippen LogP contribution in [-0.4, -0.2) is 45.3 Å². The first-order valence-electron chi connectivity index (χ1n) is 3.42. The quantitative estimate of drug-likeness (QED) is 0.578. The van der Waals surface area contributed by atoms with Crippen molar-refractivity contribution in [3.63, 3.8) is 0 Å². The van der Waals surface area contributed by atoms with E-state index in [1.54, 1.807) is 7.05 Å². The van der Waals surface area contributed by atoms with Gasteiger partial charge < -0.3 is 10.2 Å². The van der Waals surface area contributed by atoms with Crippen molar-refractivity contribution in [1.82, 2.24) is 10.4 Å². The van der Waals surface area contributed by atoms with E-state index in [0.717, 1.165) is 0 Å². The van der Waals surface area contributed by atoms with Crippen LogP contribution in [0.2, 0.25) is 0 Å². The summed E-state index contributed by atoms with van der Waals surface area (Å²) in [6.07, 6.45) is -2.34. The molecule has 0 saturated carbocycles. The van der Waals surface area contributed by atoms with E-state index >= 15 is 0 Å². The van der Waals surface area contributed by atoms with Gasteiger partial charge in [-0.15, -0.1) is 0 Å². The molecule has 0 bridgehead atoms. The Morgan fingerprint density at radius 1 is 1.55 bits per heavy atom. The number of hydrogen-bond donors (Lipinski definition) is 1. The number of alkyl halides is 2. The van der Waals surface area contributed by atoms with Gasteiger partial charge in [0.25, 0.3) is 6.43 Å². The summed E-state index contributed by atoms with van der Waals surface area (Å²) < 4.78 is 23.5. The Hall–Kier alpha value is -0.260. The third-order valence-corrected chi connectivity index (χ3v) is 1.21. The molecule has 0 aromatic carbocycles.